The van der Waals surface area contributed by atoms with Crippen LogP contribution in [0.4, 0.5) is 0 Å². The topological polar surface area (TPSA) is 0 Å². The molecule has 0 bridgehead atoms. The van der Waals surface area contributed by atoms with Crippen LogP contribution in [0.3, 0.4) is 0 Å². The van der Waals surface area contributed by atoms with Gasteiger partial charge >= 0.3 is 118 Å². The molecule has 18 heavy (non-hydrogen) atoms. The van der Waals surface area contributed by atoms with E-state index in [1.807, 2.05) is 12.1 Å². The third kappa shape index (κ3) is 2.30. The minimum atomic E-state index is 0.291. The summed E-state index contributed by atoms with van der Waals surface area (Å²) in [4.78, 5) is 0. The summed E-state index contributed by atoms with van der Waals surface area (Å²) < 4.78 is 2.63. The Hall–Kier alpha value is -1.27. The summed E-state index contributed by atoms with van der Waals surface area (Å²) in [7, 11) is 0. The first-order valence-corrected chi connectivity index (χ1v) is 7.84. The summed E-state index contributed by atoms with van der Waals surface area (Å²) in [6.45, 7) is 0. The third-order valence-corrected chi connectivity index (χ3v) is 5.92. The molecule has 0 aliphatic carbocycles. The first-order valence-electron chi connectivity index (χ1n) is 5.75. The molecule has 0 nitrogen and oxygen atoms in total. The monoisotopic (exact) mass is 318 g/mol. The van der Waals surface area contributed by atoms with Crippen molar-refractivity contribution in [3.63, 3.8) is 0 Å². The zero-order valence-electron chi connectivity index (χ0n) is 9.64. The molecule has 0 N–H and O–H groups in total. The van der Waals surface area contributed by atoms with Crippen LogP contribution < -0.4 is 0 Å². The number of hydrogen-bond acceptors (Lipinski definition) is 0. The molecule has 0 fully saturated rings. The van der Waals surface area contributed by atoms with Gasteiger partial charge in [-0.15, -0.1) is 0 Å². The van der Waals surface area contributed by atoms with Crippen molar-refractivity contribution in [2.75, 3.05) is 0 Å². The molecule has 0 amide bonds. The van der Waals surface area contributed by atoms with Crippen LogP contribution in [0.2, 0.25) is 5.02 Å². The number of halogens is 1. The van der Waals surface area contributed by atoms with Crippen LogP contribution in [0.5, 0.6) is 0 Å². The van der Waals surface area contributed by atoms with Gasteiger partial charge in [-0.2, -0.15) is 0 Å². The van der Waals surface area contributed by atoms with E-state index in [0.717, 1.165) is 5.02 Å². The van der Waals surface area contributed by atoms with Gasteiger partial charge in [-0.3, -0.25) is 0 Å². The summed E-state index contributed by atoms with van der Waals surface area (Å²) in [6, 6.07) is 23.0. The second-order valence-electron chi connectivity index (χ2n) is 4.02. The maximum absolute atomic E-state index is 6.38. The summed E-state index contributed by atoms with van der Waals surface area (Å²) in [6.07, 6.45) is 0. The van der Waals surface area contributed by atoms with Crippen molar-refractivity contribution < 1.29 is 0 Å². The van der Waals surface area contributed by atoms with Gasteiger partial charge in [0.2, 0.25) is 0 Å². The van der Waals surface area contributed by atoms with Crippen LogP contribution in [-0.2, 0) is 0 Å². The van der Waals surface area contributed by atoms with Gasteiger partial charge in [0.15, 0.2) is 0 Å². The molecule has 0 unspecified atom stereocenters. The van der Waals surface area contributed by atoms with Gasteiger partial charge < -0.3 is 0 Å². The van der Waals surface area contributed by atoms with Gasteiger partial charge in [0.05, 0.1) is 0 Å². The van der Waals surface area contributed by atoms with Gasteiger partial charge in [-0.25, -0.2) is 0 Å². The summed E-state index contributed by atoms with van der Waals surface area (Å²) in [5.74, 6) is 0. The van der Waals surface area contributed by atoms with Crippen molar-refractivity contribution in [2.45, 2.75) is 0 Å². The fourth-order valence-electron chi connectivity index (χ4n) is 1.90. The Balaban J connectivity index is 2.07. The number of benzene rings is 2. The van der Waals surface area contributed by atoms with Crippen molar-refractivity contribution >= 4 is 26.1 Å². The minimum absolute atomic E-state index is 0.291. The molecule has 2 aromatic carbocycles. The summed E-state index contributed by atoms with van der Waals surface area (Å²) >= 11 is 6.67. The molecule has 2 heteroatoms. The van der Waals surface area contributed by atoms with E-state index in [2.05, 4.69) is 54.6 Å². The first-order chi connectivity index (χ1) is 8.84. The summed E-state index contributed by atoms with van der Waals surface area (Å²) in [5, 5.41) is 0.889. The Morgan fingerprint density at radius 1 is 0.722 bits per heavy atom. The molecule has 88 valence electrons. The van der Waals surface area contributed by atoms with Crippen LogP contribution in [0, 0.1) is 0 Å². The van der Waals surface area contributed by atoms with E-state index in [9.17, 15) is 0 Å². The predicted octanol–water partition coefficient (Wildman–Crippen LogP) is 4.73. The van der Waals surface area contributed by atoms with Crippen molar-refractivity contribution in [3.05, 3.63) is 71.8 Å². The SMILES string of the molecule is Clc1cc(-c2ccccc2)[se]c1-c1ccccc1. The van der Waals surface area contributed by atoms with E-state index in [-0.39, 0.29) is 0 Å². The van der Waals surface area contributed by atoms with E-state index in [4.69, 9.17) is 11.6 Å². The van der Waals surface area contributed by atoms with Crippen molar-refractivity contribution in [3.8, 4) is 20.0 Å². The molecular formula is C16H11ClSe. The molecule has 0 saturated carbocycles. The molecule has 0 atom stereocenters. The molecule has 0 saturated heterocycles. The zero-order valence-corrected chi connectivity index (χ0v) is 12.1. The van der Waals surface area contributed by atoms with Crippen molar-refractivity contribution in [1.82, 2.24) is 0 Å². The molecule has 3 rings (SSSR count). The second kappa shape index (κ2) is 5.15. The summed E-state index contributed by atoms with van der Waals surface area (Å²) in [5.41, 5.74) is 2.52. The first kappa shape index (κ1) is 11.8. The predicted molar refractivity (Wildman–Crippen MR) is 79.3 cm³/mol. The van der Waals surface area contributed by atoms with Gasteiger partial charge in [0.1, 0.15) is 0 Å². The second-order valence-corrected chi connectivity index (χ2v) is 6.63. The maximum atomic E-state index is 6.38. The molecule has 1 aromatic heterocycles. The van der Waals surface area contributed by atoms with Crippen LogP contribution in [0.1, 0.15) is 0 Å². The van der Waals surface area contributed by atoms with Crippen LogP contribution in [-0.4, -0.2) is 14.5 Å². The van der Waals surface area contributed by atoms with Crippen molar-refractivity contribution in [2.24, 2.45) is 0 Å². The third-order valence-electron chi connectivity index (χ3n) is 2.78. The van der Waals surface area contributed by atoms with E-state index in [0.29, 0.717) is 14.5 Å². The molecule has 0 spiro atoms. The van der Waals surface area contributed by atoms with Gasteiger partial charge in [0, 0.05) is 0 Å². The van der Waals surface area contributed by atoms with Gasteiger partial charge in [0.25, 0.3) is 0 Å². The van der Waals surface area contributed by atoms with Crippen LogP contribution in [0.15, 0.2) is 66.7 Å². The number of rotatable bonds is 2. The average Bonchev–Trinajstić information content (AvgIpc) is 2.83. The Morgan fingerprint density at radius 2 is 1.28 bits per heavy atom. The molecule has 0 radical (unpaired) electrons. The van der Waals surface area contributed by atoms with Gasteiger partial charge in [-0.05, 0) is 0 Å². The molecular weight excluding hydrogens is 307 g/mol. The Bertz CT molecular complexity index is 641. The fourth-order valence-corrected chi connectivity index (χ4v) is 4.69. The molecule has 0 aliphatic heterocycles. The Morgan fingerprint density at radius 3 is 1.89 bits per heavy atom. The standard InChI is InChI=1S/C16H11ClSe/c17-14-11-15(12-7-3-1-4-8-12)18-16(14)13-9-5-2-6-10-13/h1-11H. The quantitative estimate of drug-likeness (QED) is 0.599. The molecule has 3 aromatic rings. The van der Waals surface area contributed by atoms with E-state index >= 15 is 0 Å². The van der Waals surface area contributed by atoms with E-state index < -0.39 is 0 Å². The Labute approximate surface area is 118 Å². The molecule has 1 heterocycles. The van der Waals surface area contributed by atoms with Crippen LogP contribution in [0.25, 0.3) is 20.0 Å². The van der Waals surface area contributed by atoms with E-state index in [1.165, 1.54) is 20.0 Å². The van der Waals surface area contributed by atoms with E-state index in [1.54, 1.807) is 0 Å². The normalized spacial score (nSPS) is 10.5. The average molecular weight is 318 g/mol. The number of hydrogen-bond donors (Lipinski definition) is 0. The Kier molecular flexibility index (Phi) is 3.38. The van der Waals surface area contributed by atoms with Crippen molar-refractivity contribution in [1.29, 1.82) is 0 Å². The zero-order chi connectivity index (χ0) is 12.4. The van der Waals surface area contributed by atoms with Gasteiger partial charge in [-0.1, -0.05) is 0 Å². The molecule has 0 aliphatic rings. The van der Waals surface area contributed by atoms with Crippen LogP contribution >= 0.6 is 11.6 Å². The fraction of sp³-hybridized carbons (Fsp3) is 0.